The van der Waals surface area contributed by atoms with Gasteiger partial charge in [0.25, 0.3) is 0 Å². The zero-order chi connectivity index (χ0) is 16.7. The highest BCUT2D eigenvalue weighted by atomic mass is 35.5. The van der Waals surface area contributed by atoms with E-state index in [1.54, 1.807) is 17.4 Å². The molecule has 1 aliphatic carbocycles. The summed E-state index contributed by atoms with van der Waals surface area (Å²) >= 11 is 19.9. The van der Waals surface area contributed by atoms with Crippen molar-refractivity contribution in [3.05, 3.63) is 49.5 Å². The second-order valence-corrected chi connectivity index (χ2v) is 8.07. The van der Waals surface area contributed by atoms with E-state index in [0.29, 0.717) is 16.6 Å². The first-order valence-electron chi connectivity index (χ1n) is 7.77. The van der Waals surface area contributed by atoms with Crippen LogP contribution in [-0.2, 0) is 19.4 Å². The van der Waals surface area contributed by atoms with Crippen molar-refractivity contribution >= 4 is 62.2 Å². The van der Waals surface area contributed by atoms with E-state index < -0.39 is 0 Å². The summed E-state index contributed by atoms with van der Waals surface area (Å²) in [4.78, 5) is 11.2. The van der Waals surface area contributed by atoms with Gasteiger partial charge in [0.05, 0.1) is 15.4 Å². The number of hydrogen-bond acceptors (Lipinski definition) is 4. The Kier molecular flexibility index (Phi) is 4.56. The number of thiophene rings is 1. The third-order valence-electron chi connectivity index (χ3n) is 4.23. The maximum absolute atomic E-state index is 6.12. The van der Waals surface area contributed by atoms with E-state index in [4.69, 9.17) is 34.8 Å². The van der Waals surface area contributed by atoms with Gasteiger partial charge in [-0.25, -0.2) is 9.97 Å². The Hall–Kier alpha value is -1.07. The Labute approximate surface area is 159 Å². The van der Waals surface area contributed by atoms with Crippen LogP contribution in [0.1, 0.15) is 28.8 Å². The van der Waals surface area contributed by atoms with E-state index in [1.165, 1.54) is 23.3 Å². The molecule has 0 atom stereocenters. The molecule has 0 amide bonds. The van der Waals surface area contributed by atoms with Crippen LogP contribution in [0.3, 0.4) is 0 Å². The van der Waals surface area contributed by atoms with E-state index >= 15 is 0 Å². The number of aryl methyl sites for hydroxylation is 2. The normalized spacial score (nSPS) is 14.0. The van der Waals surface area contributed by atoms with Crippen LogP contribution in [0.15, 0.2) is 18.2 Å². The highest BCUT2D eigenvalue weighted by Crippen LogP contribution is 2.39. The summed E-state index contributed by atoms with van der Waals surface area (Å²) in [6, 6.07) is 5.61. The first kappa shape index (κ1) is 16.4. The molecule has 124 valence electrons. The molecule has 2 aromatic heterocycles. The number of hydrogen-bond donors (Lipinski definition) is 1. The van der Waals surface area contributed by atoms with Gasteiger partial charge in [0.15, 0.2) is 0 Å². The van der Waals surface area contributed by atoms with Crippen molar-refractivity contribution in [3.63, 3.8) is 0 Å². The van der Waals surface area contributed by atoms with E-state index in [2.05, 4.69) is 15.3 Å². The average molecular weight is 399 g/mol. The second-order valence-electron chi connectivity index (χ2n) is 5.83. The van der Waals surface area contributed by atoms with Crippen LogP contribution in [0, 0.1) is 0 Å². The van der Waals surface area contributed by atoms with Crippen molar-refractivity contribution in [1.29, 1.82) is 0 Å². The number of fused-ring (bicyclic) bond motifs is 3. The maximum atomic E-state index is 6.12. The van der Waals surface area contributed by atoms with Gasteiger partial charge < -0.3 is 5.32 Å². The molecule has 1 aromatic carbocycles. The molecule has 3 aromatic rings. The molecule has 0 saturated carbocycles. The smallest absolute Gasteiger partial charge is 0.225 e. The van der Waals surface area contributed by atoms with Gasteiger partial charge >= 0.3 is 0 Å². The van der Waals surface area contributed by atoms with Crippen molar-refractivity contribution in [2.45, 2.75) is 32.2 Å². The lowest BCUT2D eigenvalue weighted by Crippen LogP contribution is -2.05. The average Bonchev–Trinajstić information content (AvgIpc) is 2.93. The van der Waals surface area contributed by atoms with Gasteiger partial charge in [-0.1, -0.05) is 29.3 Å². The Morgan fingerprint density at radius 2 is 1.88 bits per heavy atom. The number of nitrogens with zero attached hydrogens (tertiary/aromatic N) is 2. The van der Waals surface area contributed by atoms with E-state index in [0.717, 1.165) is 34.4 Å². The van der Waals surface area contributed by atoms with Gasteiger partial charge in [0.2, 0.25) is 5.28 Å². The first-order valence-corrected chi connectivity index (χ1v) is 9.72. The largest absolute Gasteiger partial charge is 0.365 e. The summed E-state index contributed by atoms with van der Waals surface area (Å²) in [7, 11) is 0. The number of halogens is 3. The number of aromatic nitrogens is 2. The molecular weight excluding hydrogens is 385 g/mol. The zero-order valence-electron chi connectivity index (χ0n) is 12.7. The van der Waals surface area contributed by atoms with Gasteiger partial charge in [-0.3, -0.25) is 0 Å². The van der Waals surface area contributed by atoms with Crippen molar-refractivity contribution in [2.75, 3.05) is 5.32 Å². The molecule has 1 N–H and O–H groups in total. The molecule has 7 heteroatoms. The van der Waals surface area contributed by atoms with E-state index in [-0.39, 0.29) is 5.28 Å². The Morgan fingerprint density at radius 1 is 1.04 bits per heavy atom. The first-order chi connectivity index (χ1) is 11.6. The minimum atomic E-state index is 0.276. The molecule has 0 bridgehead atoms. The summed E-state index contributed by atoms with van der Waals surface area (Å²) < 4.78 is 0. The molecular formula is C17H14Cl3N3S. The predicted octanol–water partition coefficient (Wildman–Crippen LogP) is 6.14. The lowest BCUT2D eigenvalue weighted by Gasteiger charge is -2.13. The van der Waals surface area contributed by atoms with Crippen LogP contribution < -0.4 is 5.32 Å². The van der Waals surface area contributed by atoms with Crippen LogP contribution in [0.4, 0.5) is 5.82 Å². The fraction of sp³-hybridized carbons (Fsp3) is 0.294. The maximum Gasteiger partial charge on any atom is 0.225 e. The predicted molar refractivity (Wildman–Crippen MR) is 103 cm³/mol. The standard InChI is InChI=1S/C17H14Cl3N3S/c18-11-6-5-9(7-12(11)19)8-21-15-14-10-3-1-2-4-13(10)24-16(14)23-17(20)22-15/h5-7H,1-4,8H2,(H,21,22,23). The van der Waals surface area contributed by atoms with Crippen LogP contribution in [0.2, 0.25) is 15.3 Å². The van der Waals surface area contributed by atoms with Crippen LogP contribution >= 0.6 is 46.1 Å². The molecule has 0 unspecified atom stereocenters. The highest BCUT2D eigenvalue weighted by Gasteiger charge is 2.20. The number of anilines is 1. The van der Waals surface area contributed by atoms with Gasteiger partial charge in [0.1, 0.15) is 10.6 Å². The molecule has 0 radical (unpaired) electrons. The minimum absolute atomic E-state index is 0.276. The third-order valence-corrected chi connectivity index (χ3v) is 6.33. The fourth-order valence-electron chi connectivity index (χ4n) is 3.09. The van der Waals surface area contributed by atoms with Gasteiger partial charge in [-0.2, -0.15) is 0 Å². The van der Waals surface area contributed by atoms with Crippen molar-refractivity contribution < 1.29 is 0 Å². The molecule has 1 aliphatic rings. The minimum Gasteiger partial charge on any atom is -0.365 e. The fourth-order valence-corrected chi connectivity index (χ4v) is 4.90. The summed E-state index contributed by atoms with van der Waals surface area (Å²) in [5.74, 6) is 0.801. The van der Waals surface area contributed by atoms with Crippen LogP contribution in [0.25, 0.3) is 10.2 Å². The molecule has 0 spiro atoms. The summed E-state index contributed by atoms with van der Waals surface area (Å²) in [5, 5.41) is 5.90. The summed E-state index contributed by atoms with van der Waals surface area (Å²) in [5.41, 5.74) is 2.42. The quantitative estimate of drug-likeness (QED) is 0.538. The van der Waals surface area contributed by atoms with Gasteiger partial charge in [-0.05, 0) is 60.5 Å². The zero-order valence-corrected chi connectivity index (χ0v) is 15.8. The van der Waals surface area contributed by atoms with Crippen LogP contribution in [-0.4, -0.2) is 9.97 Å². The topological polar surface area (TPSA) is 37.8 Å². The van der Waals surface area contributed by atoms with Crippen molar-refractivity contribution in [3.8, 4) is 0 Å². The van der Waals surface area contributed by atoms with Crippen molar-refractivity contribution in [2.24, 2.45) is 0 Å². The van der Waals surface area contributed by atoms with Gasteiger partial charge in [0, 0.05) is 11.4 Å². The van der Waals surface area contributed by atoms with E-state index in [1.807, 2.05) is 12.1 Å². The second kappa shape index (κ2) is 6.68. The lowest BCUT2D eigenvalue weighted by molar-refractivity contribution is 0.700. The molecule has 3 nitrogen and oxygen atoms in total. The molecule has 0 aliphatic heterocycles. The van der Waals surface area contributed by atoms with Crippen molar-refractivity contribution in [1.82, 2.24) is 9.97 Å². The molecule has 2 heterocycles. The van der Waals surface area contributed by atoms with E-state index in [9.17, 15) is 0 Å². The SMILES string of the molecule is Clc1nc(NCc2ccc(Cl)c(Cl)c2)c2c3c(sc2n1)CCCC3. The Morgan fingerprint density at radius 3 is 2.71 bits per heavy atom. The van der Waals surface area contributed by atoms with Gasteiger partial charge in [-0.15, -0.1) is 11.3 Å². The Balaban J connectivity index is 1.70. The summed E-state index contributed by atoms with van der Waals surface area (Å²) in [6.45, 7) is 0.601. The third kappa shape index (κ3) is 3.08. The summed E-state index contributed by atoms with van der Waals surface area (Å²) in [6.07, 6.45) is 4.67. The number of nitrogens with one attached hydrogen (secondary N) is 1. The molecule has 4 rings (SSSR count). The highest BCUT2D eigenvalue weighted by molar-refractivity contribution is 7.19. The molecule has 0 saturated heterocycles. The number of rotatable bonds is 3. The molecule has 24 heavy (non-hydrogen) atoms. The monoisotopic (exact) mass is 397 g/mol. The lowest BCUT2D eigenvalue weighted by atomic mass is 9.97. The Bertz CT molecular complexity index is 923. The number of benzene rings is 1. The van der Waals surface area contributed by atoms with Crippen LogP contribution in [0.5, 0.6) is 0 Å². The molecule has 0 fully saturated rings.